The van der Waals surface area contributed by atoms with E-state index in [1.165, 1.54) is 31.2 Å². The maximum absolute atomic E-state index is 12.5. The highest BCUT2D eigenvalue weighted by atomic mass is 16.3. The van der Waals surface area contributed by atoms with Crippen LogP contribution in [-0.4, -0.2) is 27.8 Å². The second-order valence-corrected chi connectivity index (χ2v) is 5.73. The summed E-state index contributed by atoms with van der Waals surface area (Å²) < 4.78 is 0. The lowest BCUT2D eigenvalue weighted by Crippen LogP contribution is -2.28. The van der Waals surface area contributed by atoms with Gasteiger partial charge in [0.25, 0.3) is 5.91 Å². The normalized spacial score (nSPS) is 15.9. The lowest BCUT2D eigenvalue weighted by atomic mass is 10.1. The third-order valence-corrected chi connectivity index (χ3v) is 3.94. The molecule has 2 amide bonds. The van der Waals surface area contributed by atoms with Crippen LogP contribution in [0, 0.1) is 0 Å². The van der Waals surface area contributed by atoms with Gasteiger partial charge in [0.05, 0.1) is 12.1 Å². The van der Waals surface area contributed by atoms with Gasteiger partial charge in [-0.15, -0.1) is 0 Å². The Kier molecular flexibility index (Phi) is 4.10. The average molecular weight is 337 g/mol. The Hall–Kier alpha value is -3.41. The van der Waals surface area contributed by atoms with E-state index in [4.69, 9.17) is 0 Å². The number of anilines is 1. The number of phenolic OH excluding ortho intramolecular Hbond substituents is 2. The number of hydrogen-bond donors (Lipinski definition) is 2. The summed E-state index contributed by atoms with van der Waals surface area (Å²) in [5.74, 6) is -1.48. The number of amides is 2. The van der Waals surface area contributed by atoms with Gasteiger partial charge < -0.3 is 10.2 Å². The Morgan fingerprint density at radius 1 is 1.04 bits per heavy atom. The molecule has 25 heavy (non-hydrogen) atoms. The average Bonchev–Trinajstić information content (AvgIpc) is 2.85. The molecule has 0 aromatic heterocycles. The van der Waals surface area contributed by atoms with Crippen molar-refractivity contribution in [3.05, 3.63) is 59.2 Å². The molecule has 1 aliphatic heterocycles. The summed E-state index contributed by atoms with van der Waals surface area (Å²) in [6.07, 6.45) is 1.44. The van der Waals surface area contributed by atoms with Gasteiger partial charge in [0.2, 0.25) is 5.91 Å². The van der Waals surface area contributed by atoms with Crippen LogP contribution in [-0.2, 0) is 9.59 Å². The summed E-state index contributed by atoms with van der Waals surface area (Å²) in [5.41, 5.74) is 1.68. The van der Waals surface area contributed by atoms with E-state index in [9.17, 15) is 24.6 Å². The van der Waals surface area contributed by atoms with Crippen LogP contribution in [0.25, 0.3) is 6.08 Å². The second-order valence-electron chi connectivity index (χ2n) is 5.73. The van der Waals surface area contributed by atoms with Gasteiger partial charge in [0.1, 0.15) is 0 Å². The van der Waals surface area contributed by atoms with E-state index in [1.54, 1.807) is 24.3 Å². The van der Waals surface area contributed by atoms with Crippen molar-refractivity contribution in [1.29, 1.82) is 0 Å². The Morgan fingerprint density at radius 3 is 2.32 bits per heavy atom. The lowest BCUT2D eigenvalue weighted by Gasteiger charge is -2.13. The highest BCUT2D eigenvalue weighted by Crippen LogP contribution is 2.30. The molecule has 0 saturated carbocycles. The Morgan fingerprint density at radius 2 is 1.72 bits per heavy atom. The number of Topliss-reactive ketones (excluding diaryl/α,β-unsaturated/α-hetero) is 1. The molecular weight excluding hydrogens is 322 g/mol. The first kappa shape index (κ1) is 16.4. The number of carbonyl (C=O) groups excluding carboxylic acids is 3. The predicted molar refractivity (Wildman–Crippen MR) is 91.3 cm³/mol. The van der Waals surface area contributed by atoms with Gasteiger partial charge in [-0.2, -0.15) is 0 Å². The minimum atomic E-state index is -0.451. The number of imide groups is 1. The number of nitrogens with zero attached hydrogens (tertiary/aromatic N) is 1. The zero-order chi connectivity index (χ0) is 18.1. The molecule has 0 radical (unpaired) electrons. The summed E-state index contributed by atoms with van der Waals surface area (Å²) in [5, 5.41) is 18.9. The first-order valence-electron chi connectivity index (χ1n) is 7.57. The van der Waals surface area contributed by atoms with E-state index in [1.807, 2.05) is 0 Å². The summed E-state index contributed by atoms with van der Waals surface area (Å²) in [7, 11) is 0. The predicted octanol–water partition coefficient (Wildman–Crippen LogP) is 2.65. The number of hydrogen-bond acceptors (Lipinski definition) is 5. The lowest BCUT2D eigenvalue weighted by molar-refractivity contribution is -0.120. The maximum atomic E-state index is 12.5. The van der Waals surface area contributed by atoms with Crippen LogP contribution >= 0.6 is 0 Å². The van der Waals surface area contributed by atoms with Crippen molar-refractivity contribution in [3.63, 3.8) is 0 Å². The highest BCUT2D eigenvalue weighted by Gasteiger charge is 2.34. The molecule has 0 unspecified atom stereocenters. The largest absolute Gasteiger partial charge is 0.504 e. The molecule has 1 fully saturated rings. The van der Waals surface area contributed by atoms with E-state index < -0.39 is 5.91 Å². The molecule has 0 spiro atoms. The van der Waals surface area contributed by atoms with Crippen molar-refractivity contribution in [2.24, 2.45) is 0 Å². The molecule has 1 aliphatic rings. The molecular formula is C19H15NO5. The van der Waals surface area contributed by atoms with Crippen molar-refractivity contribution in [2.45, 2.75) is 13.3 Å². The minimum Gasteiger partial charge on any atom is -0.504 e. The number of benzene rings is 2. The zero-order valence-corrected chi connectivity index (χ0v) is 13.4. The molecule has 3 rings (SSSR count). The van der Waals surface area contributed by atoms with Crippen molar-refractivity contribution >= 4 is 29.4 Å². The van der Waals surface area contributed by atoms with Gasteiger partial charge in [-0.05, 0) is 55.0 Å². The van der Waals surface area contributed by atoms with Gasteiger partial charge in [0, 0.05) is 11.1 Å². The summed E-state index contributed by atoms with van der Waals surface area (Å²) in [6, 6.07) is 10.4. The molecule has 1 saturated heterocycles. The molecule has 6 nitrogen and oxygen atoms in total. The number of rotatable bonds is 3. The van der Waals surface area contributed by atoms with Crippen molar-refractivity contribution < 1.29 is 24.6 Å². The molecule has 126 valence electrons. The molecule has 0 atom stereocenters. The number of ketones is 1. The number of aromatic hydroxyl groups is 2. The first-order chi connectivity index (χ1) is 11.9. The molecule has 0 bridgehead atoms. The van der Waals surface area contributed by atoms with E-state index in [0.717, 1.165) is 4.90 Å². The van der Waals surface area contributed by atoms with Crippen LogP contribution in [0.2, 0.25) is 0 Å². The smallest absolute Gasteiger partial charge is 0.261 e. The summed E-state index contributed by atoms with van der Waals surface area (Å²) in [6.45, 7) is 1.44. The Bertz CT molecular complexity index is 912. The summed E-state index contributed by atoms with van der Waals surface area (Å²) in [4.78, 5) is 37.2. The molecule has 1 heterocycles. The second kappa shape index (κ2) is 6.24. The number of phenols is 2. The molecule has 2 aromatic rings. The maximum Gasteiger partial charge on any atom is 0.261 e. The monoisotopic (exact) mass is 337 g/mol. The van der Waals surface area contributed by atoms with Gasteiger partial charge in [0.15, 0.2) is 17.3 Å². The quantitative estimate of drug-likeness (QED) is 0.388. The van der Waals surface area contributed by atoms with Crippen LogP contribution in [0.1, 0.15) is 29.3 Å². The van der Waals surface area contributed by atoms with Crippen LogP contribution in [0.15, 0.2) is 48.0 Å². The molecule has 2 aromatic carbocycles. The van der Waals surface area contributed by atoms with Crippen LogP contribution < -0.4 is 4.90 Å². The fourth-order valence-corrected chi connectivity index (χ4v) is 2.63. The van der Waals surface area contributed by atoms with Gasteiger partial charge in [-0.3, -0.25) is 14.4 Å². The van der Waals surface area contributed by atoms with Crippen molar-refractivity contribution in [2.75, 3.05) is 4.90 Å². The minimum absolute atomic E-state index is 0.0606. The molecule has 6 heteroatoms. The molecule has 2 N–H and O–H groups in total. The zero-order valence-electron chi connectivity index (χ0n) is 13.4. The van der Waals surface area contributed by atoms with E-state index in [0.29, 0.717) is 16.8 Å². The number of carbonyl (C=O) groups is 3. The fourth-order valence-electron chi connectivity index (χ4n) is 2.63. The standard InChI is InChI=1S/C19H15NO5/c1-11(21)13-3-5-15(6-4-13)20-18(24)10-14(19(20)25)8-12-2-7-16(22)17(23)9-12/h2-9,22-23H,10H2,1H3. The van der Waals surface area contributed by atoms with Crippen molar-refractivity contribution in [3.8, 4) is 11.5 Å². The van der Waals surface area contributed by atoms with Crippen LogP contribution in [0.3, 0.4) is 0 Å². The third kappa shape index (κ3) is 3.14. The Balaban J connectivity index is 1.90. The first-order valence-corrected chi connectivity index (χ1v) is 7.57. The highest BCUT2D eigenvalue weighted by molar-refractivity contribution is 6.29. The summed E-state index contributed by atoms with van der Waals surface area (Å²) >= 11 is 0. The van der Waals surface area contributed by atoms with E-state index in [-0.39, 0.29) is 35.2 Å². The molecule has 0 aliphatic carbocycles. The fraction of sp³-hybridized carbons (Fsp3) is 0.105. The SMILES string of the molecule is CC(=O)c1ccc(N2C(=O)CC(=Cc3ccc(O)c(O)c3)C2=O)cc1. The van der Waals surface area contributed by atoms with Crippen LogP contribution in [0.5, 0.6) is 11.5 Å². The third-order valence-electron chi connectivity index (χ3n) is 3.94. The van der Waals surface area contributed by atoms with Crippen molar-refractivity contribution in [1.82, 2.24) is 0 Å². The van der Waals surface area contributed by atoms with Gasteiger partial charge in [-0.1, -0.05) is 6.07 Å². The topological polar surface area (TPSA) is 94.9 Å². The Labute approximate surface area is 143 Å². The van der Waals surface area contributed by atoms with Crippen LogP contribution in [0.4, 0.5) is 5.69 Å². The van der Waals surface area contributed by atoms with Gasteiger partial charge >= 0.3 is 0 Å². The van der Waals surface area contributed by atoms with E-state index in [2.05, 4.69) is 0 Å². The van der Waals surface area contributed by atoms with Gasteiger partial charge in [-0.25, -0.2) is 4.90 Å². The van der Waals surface area contributed by atoms with E-state index >= 15 is 0 Å².